The number of methoxy groups -OCH3 is 1. The van der Waals surface area contributed by atoms with Crippen LogP contribution >= 0.6 is 0 Å². The molecule has 0 aliphatic carbocycles. The Kier molecular flexibility index (Phi) is 4.86. The number of carbonyl (C=O) groups excluding carboxylic acids is 1. The third-order valence-corrected chi connectivity index (χ3v) is 3.60. The Morgan fingerprint density at radius 3 is 3.04 bits per heavy atom. The average Bonchev–Trinajstić information content (AvgIpc) is 3.03. The highest BCUT2D eigenvalue weighted by Crippen LogP contribution is 2.12. The summed E-state index contributed by atoms with van der Waals surface area (Å²) in [5.74, 6) is 0.601. The number of para-hydroxylation sites is 2. The maximum Gasteiger partial charge on any atom is 0.241 e. The number of rotatable bonds is 6. The summed E-state index contributed by atoms with van der Waals surface area (Å²) in [6, 6.07) is 15.3. The van der Waals surface area contributed by atoms with E-state index in [0.717, 1.165) is 22.3 Å². The predicted octanol–water partition coefficient (Wildman–Crippen LogP) is 2.59. The SMILES string of the molecule is COc1cccc(/C=N\NC(=O)CCn2cnc3ccccc32)c1. The van der Waals surface area contributed by atoms with Gasteiger partial charge in [-0.2, -0.15) is 5.10 Å². The number of ether oxygens (including phenoxy) is 1. The molecule has 0 radical (unpaired) electrons. The van der Waals surface area contributed by atoms with Crippen molar-refractivity contribution in [3.63, 3.8) is 0 Å². The first-order valence-corrected chi connectivity index (χ1v) is 7.62. The van der Waals surface area contributed by atoms with Gasteiger partial charge in [-0.25, -0.2) is 10.4 Å². The monoisotopic (exact) mass is 322 g/mol. The first-order valence-electron chi connectivity index (χ1n) is 7.62. The Bertz CT molecular complexity index is 870. The van der Waals surface area contributed by atoms with Crippen LogP contribution in [0.15, 0.2) is 60.0 Å². The second-order valence-electron chi connectivity index (χ2n) is 5.25. The van der Waals surface area contributed by atoms with Crippen LogP contribution in [-0.2, 0) is 11.3 Å². The summed E-state index contributed by atoms with van der Waals surface area (Å²) in [4.78, 5) is 16.2. The van der Waals surface area contributed by atoms with Crippen LogP contribution in [0, 0.1) is 0 Å². The molecule has 0 fully saturated rings. The van der Waals surface area contributed by atoms with Gasteiger partial charge in [0.2, 0.25) is 5.91 Å². The van der Waals surface area contributed by atoms with Crippen LogP contribution in [0.4, 0.5) is 0 Å². The Morgan fingerprint density at radius 1 is 1.29 bits per heavy atom. The lowest BCUT2D eigenvalue weighted by molar-refractivity contribution is -0.121. The molecule has 1 aromatic heterocycles. The minimum Gasteiger partial charge on any atom is -0.497 e. The van der Waals surface area contributed by atoms with E-state index in [-0.39, 0.29) is 5.91 Å². The minimum atomic E-state index is -0.146. The van der Waals surface area contributed by atoms with Crippen LogP contribution in [0.3, 0.4) is 0 Å². The molecule has 3 aromatic rings. The van der Waals surface area contributed by atoms with E-state index in [0.29, 0.717) is 13.0 Å². The van der Waals surface area contributed by atoms with E-state index in [2.05, 4.69) is 15.5 Å². The fourth-order valence-electron chi connectivity index (χ4n) is 2.37. The van der Waals surface area contributed by atoms with Gasteiger partial charge < -0.3 is 9.30 Å². The van der Waals surface area contributed by atoms with Crippen LogP contribution in [0.25, 0.3) is 11.0 Å². The molecule has 6 heteroatoms. The Morgan fingerprint density at radius 2 is 2.17 bits per heavy atom. The molecule has 0 saturated carbocycles. The molecular formula is C18H18N4O2. The number of hydrogen-bond donors (Lipinski definition) is 1. The van der Waals surface area contributed by atoms with Crippen LogP contribution in [0.5, 0.6) is 5.75 Å². The molecule has 3 rings (SSSR count). The largest absolute Gasteiger partial charge is 0.497 e. The molecule has 0 spiro atoms. The number of hydrogen-bond acceptors (Lipinski definition) is 4. The molecule has 6 nitrogen and oxygen atoms in total. The van der Waals surface area contributed by atoms with Gasteiger partial charge in [0.05, 0.1) is 30.7 Å². The van der Waals surface area contributed by atoms with E-state index < -0.39 is 0 Å². The van der Waals surface area contributed by atoms with Crippen LogP contribution in [-0.4, -0.2) is 28.8 Å². The smallest absolute Gasteiger partial charge is 0.241 e. The Labute approximate surface area is 139 Å². The van der Waals surface area contributed by atoms with Crippen molar-refractivity contribution in [3.05, 3.63) is 60.4 Å². The number of imidazole rings is 1. The van der Waals surface area contributed by atoms with Crippen molar-refractivity contribution in [1.29, 1.82) is 0 Å². The fraction of sp³-hybridized carbons (Fsp3) is 0.167. The van der Waals surface area contributed by atoms with E-state index in [4.69, 9.17) is 4.74 Å². The average molecular weight is 322 g/mol. The number of nitrogens with zero attached hydrogens (tertiary/aromatic N) is 3. The number of hydrazone groups is 1. The topological polar surface area (TPSA) is 68.5 Å². The number of aromatic nitrogens is 2. The zero-order chi connectivity index (χ0) is 16.8. The lowest BCUT2D eigenvalue weighted by Crippen LogP contribution is -2.19. The molecule has 1 heterocycles. The number of nitrogens with one attached hydrogen (secondary N) is 1. The van der Waals surface area contributed by atoms with Crippen molar-refractivity contribution in [1.82, 2.24) is 15.0 Å². The molecule has 1 amide bonds. The van der Waals surface area contributed by atoms with Crippen LogP contribution < -0.4 is 10.2 Å². The summed E-state index contributed by atoms with van der Waals surface area (Å²) in [5.41, 5.74) is 5.34. The molecule has 1 N–H and O–H groups in total. The van der Waals surface area contributed by atoms with E-state index in [1.807, 2.05) is 53.1 Å². The van der Waals surface area contributed by atoms with Crippen LogP contribution in [0.1, 0.15) is 12.0 Å². The summed E-state index contributed by atoms with van der Waals surface area (Å²) in [5, 5.41) is 3.97. The molecule has 0 aliphatic rings. The van der Waals surface area contributed by atoms with Gasteiger partial charge >= 0.3 is 0 Å². The molecule has 0 aliphatic heterocycles. The summed E-state index contributed by atoms with van der Waals surface area (Å²) < 4.78 is 7.10. The Hall–Kier alpha value is -3.15. The highest BCUT2D eigenvalue weighted by molar-refractivity contribution is 5.83. The van der Waals surface area contributed by atoms with Crippen molar-refractivity contribution in [3.8, 4) is 5.75 Å². The zero-order valence-corrected chi connectivity index (χ0v) is 13.3. The van der Waals surface area contributed by atoms with E-state index in [1.54, 1.807) is 19.7 Å². The molecule has 0 bridgehead atoms. The maximum atomic E-state index is 11.9. The Balaban J connectivity index is 1.53. The second kappa shape index (κ2) is 7.41. The van der Waals surface area contributed by atoms with Gasteiger partial charge in [-0.1, -0.05) is 24.3 Å². The van der Waals surface area contributed by atoms with Gasteiger partial charge in [0.25, 0.3) is 0 Å². The third kappa shape index (κ3) is 3.78. The van der Waals surface area contributed by atoms with Gasteiger partial charge in [0.15, 0.2) is 0 Å². The van der Waals surface area contributed by atoms with Gasteiger partial charge in [-0.15, -0.1) is 0 Å². The molecule has 0 saturated heterocycles. The number of carbonyl (C=O) groups is 1. The second-order valence-corrected chi connectivity index (χ2v) is 5.25. The fourth-order valence-corrected chi connectivity index (χ4v) is 2.37. The molecular weight excluding hydrogens is 304 g/mol. The summed E-state index contributed by atoms with van der Waals surface area (Å²) in [6.07, 6.45) is 3.67. The summed E-state index contributed by atoms with van der Waals surface area (Å²) in [6.45, 7) is 0.557. The zero-order valence-electron chi connectivity index (χ0n) is 13.3. The van der Waals surface area contributed by atoms with Gasteiger partial charge in [-0.05, 0) is 29.8 Å². The lowest BCUT2D eigenvalue weighted by atomic mass is 10.2. The minimum absolute atomic E-state index is 0.146. The normalized spacial score (nSPS) is 11.0. The number of fused-ring (bicyclic) bond motifs is 1. The lowest BCUT2D eigenvalue weighted by Gasteiger charge is -2.03. The van der Waals surface area contributed by atoms with E-state index >= 15 is 0 Å². The quantitative estimate of drug-likeness (QED) is 0.560. The van der Waals surface area contributed by atoms with Crippen LogP contribution in [0.2, 0.25) is 0 Å². The number of amides is 1. The van der Waals surface area contributed by atoms with E-state index in [1.165, 1.54) is 0 Å². The van der Waals surface area contributed by atoms with E-state index in [9.17, 15) is 4.79 Å². The van der Waals surface area contributed by atoms with Gasteiger partial charge in [0, 0.05) is 13.0 Å². The first kappa shape index (κ1) is 15.7. The van der Waals surface area contributed by atoms with Crippen molar-refractivity contribution in [2.75, 3.05) is 7.11 Å². The summed E-state index contributed by atoms with van der Waals surface area (Å²) >= 11 is 0. The standard InChI is InChI=1S/C18H18N4O2/c1-24-15-6-4-5-14(11-15)12-20-21-18(23)9-10-22-13-19-16-7-2-3-8-17(16)22/h2-8,11-13H,9-10H2,1H3,(H,21,23)/b20-12-. The molecule has 0 atom stereocenters. The molecule has 0 unspecified atom stereocenters. The number of aryl methyl sites for hydroxylation is 1. The molecule has 122 valence electrons. The summed E-state index contributed by atoms with van der Waals surface area (Å²) in [7, 11) is 1.61. The first-order chi connectivity index (χ1) is 11.8. The van der Waals surface area contributed by atoms with Gasteiger partial charge in [0.1, 0.15) is 5.75 Å². The predicted molar refractivity (Wildman–Crippen MR) is 93.1 cm³/mol. The van der Waals surface area contributed by atoms with Crippen molar-refractivity contribution in [2.45, 2.75) is 13.0 Å². The molecule has 2 aromatic carbocycles. The third-order valence-electron chi connectivity index (χ3n) is 3.60. The highest BCUT2D eigenvalue weighted by atomic mass is 16.5. The molecule has 24 heavy (non-hydrogen) atoms. The van der Waals surface area contributed by atoms with Crippen molar-refractivity contribution >= 4 is 23.2 Å². The van der Waals surface area contributed by atoms with Crippen molar-refractivity contribution in [2.24, 2.45) is 5.10 Å². The highest BCUT2D eigenvalue weighted by Gasteiger charge is 2.04. The van der Waals surface area contributed by atoms with Crippen molar-refractivity contribution < 1.29 is 9.53 Å². The maximum absolute atomic E-state index is 11.9. The van der Waals surface area contributed by atoms with Gasteiger partial charge in [-0.3, -0.25) is 4.79 Å². The number of benzene rings is 2.